The van der Waals surface area contributed by atoms with Crippen molar-refractivity contribution in [3.8, 4) is 0 Å². The topological polar surface area (TPSA) is 3.24 Å². The molecule has 0 spiro atoms. The quantitative estimate of drug-likeness (QED) is 0.699. The van der Waals surface area contributed by atoms with E-state index in [1.54, 1.807) is 0 Å². The minimum atomic E-state index is 0.570. The second kappa shape index (κ2) is 5.01. The molecule has 0 aliphatic heterocycles. The molecule has 1 aromatic carbocycles. The number of allylic oxidation sites excluding steroid dienone is 2. The van der Waals surface area contributed by atoms with E-state index >= 15 is 0 Å². The molecular weight excluding hydrogens is 218 g/mol. The summed E-state index contributed by atoms with van der Waals surface area (Å²) in [5, 5.41) is 0. The summed E-state index contributed by atoms with van der Waals surface area (Å²) in [5.74, 6) is 0. The number of fused-ring (bicyclic) bond motifs is 1. The SMILES string of the molecule is CN(c1cccc2c1C=CCC2)C1C=CCCC1. The molecule has 0 bridgehead atoms. The van der Waals surface area contributed by atoms with Gasteiger partial charge in [-0.05, 0) is 43.7 Å². The molecule has 2 aliphatic rings. The molecule has 0 N–H and O–H groups in total. The fourth-order valence-corrected chi connectivity index (χ4v) is 3.05. The van der Waals surface area contributed by atoms with Crippen molar-refractivity contribution in [3.63, 3.8) is 0 Å². The molecule has 0 saturated carbocycles. The number of benzene rings is 1. The van der Waals surface area contributed by atoms with Crippen molar-refractivity contribution in [3.05, 3.63) is 47.6 Å². The maximum absolute atomic E-state index is 2.45. The summed E-state index contributed by atoms with van der Waals surface area (Å²) in [5.41, 5.74) is 4.33. The first-order valence-corrected chi connectivity index (χ1v) is 7.04. The van der Waals surface area contributed by atoms with Crippen LogP contribution in [0.15, 0.2) is 36.4 Å². The molecule has 94 valence electrons. The molecule has 0 fully saturated rings. The van der Waals surface area contributed by atoms with Crippen LogP contribution in [0.1, 0.15) is 36.8 Å². The van der Waals surface area contributed by atoms with Crippen LogP contribution in [0.25, 0.3) is 6.08 Å². The normalized spacial score (nSPS) is 21.7. The molecule has 18 heavy (non-hydrogen) atoms. The lowest BCUT2D eigenvalue weighted by molar-refractivity contribution is 0.616. The number of anilines is 1. The Morgan fingerprint density at radius 3 is 2.94 bits per heavy atom. The van der Waals surface area contributed by atoms with Crippen molar-refractivity contribution < 1.29 is 0 Å². The molecule has 1 heteroatoms. The average Bonchev–Trinajstić information content (AvgIpc) is 2.47. The number of rotatable bonds is 2. The summed E-state index contributed by atoms with van der Waals surface area (Å²) < 4.78 is 0. The largest absolute Gasteiger partial charge is 0.368 e. The van der Waals surface area contributed by atoms with Gasteiger partial charge in [-0.1, -0.05) is 36.4 Å². The van der Waals surface area contributed by atoms with E-state index in [9.17, 15) is 0 Å². The van der Waals surface area contributed by atoms with Gasteiger partial charge in [0.05, 0.1) is 0 Å². The number of hydrogen-bond acceptors (Lipinski definition) is 1. The van der Waals surface area contributed by atoms with Crippen LogP contribution >= 0.6 is 0 Å². The van der Waals surface area contributed by atoms with Crippen LogP contribution in [-0.2, 0) is 6.42 Å². The van der Waals surface area contributed by atoms with Crippen LogP contribution in [0.3, 0.4) is 0 Å². The minimum absolute atomic E-state index is 0.570. The van der Waals surface area contributed by atoms with Gasteiger partial charge in [0.1, 0.15) is 0 Å². The molecule has 1 atom stereocenters. The molecule has 1 unspecified atom stereocenters. The lowest BCUT2D eigenvalue weighted by atomic mass is 9.94. The molecule has 0 radical (unpaired) electrons. The van der Waals surface area contributed by atoms with E-state index in [-0.39, 0.29) is 0 Å². The highest BCUT2D eigenvalue weighted by Crippen LogP contribution is 2.31. The van der Waals surface area contributed by atoms with E-state index in [2.05, 4.69) is 54.5 Å². The van der Waals surface area contributed by atoms with Crippen LogP contribution in [0.4, 0.5) is 5.69 Å². The zero-order valence-corrected chi connectivity index (χ0v) is 11.1. The van der Waals surface area contributed by atoms with Crippen LogP contribution in [0.5, 0.6) is 0 Å². The Morgan fingerprint density at radius 1 is 1.17 bits per heavy atom. The zero-order chi connectivity index (χ0) is 12.4. The molecule has 0 aromatic heterocycles. The molecule has 0 heterocycles. The second-order valence-corrected chi connectivity index (χ2v) is 5.33. The molecular formula is C17H21N. The Kier molecular flexibility index (Phi) is 3.22. The fourth-order valence-electron chi connectivity index (χ4n) is 3.05. The van der Waals surface area contributed by atoms with Gasteiger partial charge < -0.3 is 4.90 Å². The molecule has 0 saturated heterocycles. The molecule has 1 nitrogen and oxygen atoms in total. The monoisotopic (exact) mass is 239 g/mol. The molecule has 3 rings (SSSR count). The Balaban J connectivity index is 1.94. The lowest BCUT2D eigenvalue weighted by Crippen LogP contribution is -2.31. The first-order valence-electron chi connectivity index (χ1n) is 7.04. The Labute approximate surface area is 110 Å². The van der Waals surface area contributed by atoms with Crippen molar-refractivity contribution in [2.24, 2.45) is 0 Å². The van der Waals surface area contributed by atoms with Crippen molar-refractivity contribution in [2.75, 3.05) is 11.9 Å². The van der Waals surface area contributed by atoms with E-state index in [0.717, 1.165) is 0 Å². The average molecular weight is 239 g/mol. The van der Waals surface area contributed by atoms with Gasteiger partial charge in [0.25, 0.3) is 0 Å². The smallest absolute Gasteiger partial charge is 0.0470 e. The third-order valence-corrected chi connectivity index (χ3v) is 4.14. The van der Waals surface area contributed by atoms with E-state index in [0.29, 0.717) is 6.04 Å². The molecule has 1 aromatic rings. The Bertz CT molecular complexity index is 484. The van der Waals surface area contributed by atoms with E-state index in [1.165, 1.54) is 48.9 Å². The fraction of sp³-hybridized carbons (Fsp3) is 0.412. The van der Waals surface area contributed by atoms with E-state index < -0.39 is 0 Å². The van der Waals surface area contributed by atoms with Crippen molar-refractivity contribution >= 4 is 11.8 Å². The highest BCUT2D eigenvalue weighted by Gasteiger charge is 2.18. The first kappa shape index (κ1) is 11.6. The van der Waals surface area contributed by atoms with Gasteiger partial charge in [-0.2, -0.15) is 0 Å². The Hall–Kier alpha value is -1.50. The molecule has 2 aliphatic carbocycles. The van der Waals surface area contributed by atoms with E-state index in [1.807, 2.05) is 0 Å². The number of hydrogen-bond donors (Lipinski definition) is 0. The predicted molar refractivity (Wildman–Crippen MR) is 79.0 cm³/mol. The van der Waals surface area contributed by atoms with Gasteiger partial charge in [-0.25, -0.2) is 0 Å². The van der Waals surface area contributed by atoms with Gasteiger partial charge in [0.2, 0.25) is 0 Å². The van der Waals surface area contributed by atoms with Crippen molar-refractivity contribution in [1.29, 1.82) is 0 Å². The van der Waals surface area contributed by atoms with Gasteiger partial charge in [0, 0.05) is 24.3 Å². The maximum atomic E-state index is 2.45. The predicted octanol–water partition coefficient (Wildman–Crippen LogP) is 4.19. The van der Waals surface area contributed by atoms with Gasteiger partial charge >= 0.3 is 0 Å². The summed E-state index contributed by atoms with van der Waals surface area (Å²) in [6.45, 7) is 0. The highest BCUT2D eigenvalue weighted by molar-refractivity contribution is 5.72. The third-order valence-electron chi connectivity index (χ3n) is 4.14. The van der Waals surface area contributed by atoms with Crippen LogP contribution in [-0.4, -0.2) is 13.1 Å². The van der Waals surface area contributed by atoms with Gasteiger partial charge in [-0.15, -0.1) is 0 Å². The minimum Gasteiger partial charge on any atom is -0.368 e. The lowest BCUT2D eigenvalue weighted by Gasteiger charge is -2.32. The zero-order valence-electron chi connectivity index (χ0n) is 11.1. The number of aryl methyl sites for hydroxylation is 1. The third kappa shape index (κ3) is 2.10. The second-order valence-electron chi connectivity index (χ2n) is 5.33. The highest BCUT2D eigenvalue weighted by atomic mass is 15.1. The standard InChI is InChI=1S/C17H21N/c1-18(15-10-3-2-4-11-15)17-13-7-9-14-8-5-6-12-16(14)17/h3,6-7,9-10,12-13,15H,2,4-5,8,11H2,1H3. The summed E-state index contributed by atoms with van der Waals surface area (Å²) in [7, 11) is 2.23. The Morgan fingerprint density at radius 2 is 2.11 bits per heavy atom. The maximum Gasteiger partial charge on any atom is 0.0470 e. The summed E-state index contributed by atoms with van der Waals surface area (Å²) in [4.78, 5) is 2.45. The summed E-state index contributed by atoms with van der Waals surface area (Å²) in [6.07, 6.45) is 15.5. The van der Waals surface area contributed by atoms with Gasteiger partial charge in [-0.3, -0.25) is 0 Å². The molecule has 0 amide bonds. The number of likely N-dealkylation sites (N-methyl/N-ethyl adjacent to an activating group) is 1. The van der Waals surface area contributed by atoms with Crippen LogP contribution < -0.4 is 4.90 Å². The van der Waals surface area contributed by atoms with Crippen LogP contribution in [0.2, 0.25) is 0 Å². The first-order chi connectivity index (χ1) is 8.86. The summed E-state index contributed by atoms with van der Waals surface area (Å²) in [6, 6.07) is 7.31. The number of nitrogens with zero attached hydrogens (tertiary/aromatic N) is 1. The van der Waals surface area contributed by atoms with Crippen molar-refractivity contribution in [2.45, 2.75) is 38.1 Å². The van der Waals surface area contributed by atoms with E-state index in [4.69, 9.17) is 0 Å². The summed E-state index contributed by atoms with van der Waals surface area (Å²) >= 11 is 0. The van der Waals surface area contributed by atoms with Gasteiger partial charge in [0.15, 0.2) is 0 Å². The van der Waals surface area contributed by atoms with Crippen LogP contribution in [0, 0.1) is 0 Å². The van der Waals surface area contributed by atoms with Crippen molar-refractivity contribution in [1.82, 2.24) is 0 Å².